The maximum absolute atomic E-state index is 13.8. The minimum absolute atomic E-state index is 0.0531. The average molecular weight is 556 g/mol. The van der Waals surface area contributed by atoms with E-state index in [1.165, 1.54) is 17.4 Å². The predicted octanol–water partition coefficient (Wildman–Crippen LogP) is 6.20. The van der Waals surface area contributed by atoms with Crippen LogP contribution in [0.1, 0.15) is 27.9 Å². The molecule has 4 aromatic rings. The molecule has 6 nitrogen and oxygen atoms in total. The summed E-state index contributed by atoms with van der Waals surface area (Å²) in [6.07, 6.45) is 0.552. The first-order chi connectivity index (χ1) is 18.3. The first-order valence-electron chi connectivity index (χ1n) is 11.8. The molecule has 0 saturated heterocycles. The van der Waals surface area contributed by atoms with Crippen molar-refractivity contribution in [2.24, 2.45) is 0 Å². The summed E-state index contributed by atoms with van der Waals surface area (Å²) in [6.45, 7) is 1.16. The number of hydrogen-bond acceptors (Lipinski definition) is 5. The predicted molar refractivity (Wildman–Crippen MR) is 145 cm³/mol. The van der Waals surface area contributed by atoms with E-state index in [-0.39, 0.29) is 18.9 Å². The summed E-state index contributed by atoms with van der Waals surface area (Å²) in [7, 11) is 0. The Hall–Kier alpha value is -3.82. The molecule has 0 radical (unpaired) electrons. The molecule has 0 unspecified atom stereocenters. The zero-order chi connectivity index (χ0) is 27.1. The van der Waals surface area contributed by atoms with Gasteiger partial charge in [0.05, 0.1) is 12.1 Å². The van der Waals surface area contributed by atoms with Crippen LogP contribution in [-0.2, 0) is 17.8 Å². The highest BCUT2D eigenvalue weighted by atomic mass is 35.5. The van der Waals surface area contributed by atoms with Crippen LogP contribution in [0.25, 0.3) is 11.3 Å². The van der Waals surface area contributed by atoms with Gasteiger partial charge in [-0.2, -0.15) is 0 Å². The zero-order valence-corrected chi connectivity index (χ0v) is 21.7. The fourth-order valence-electron chi connectivity index (χ4n) is 3.76. The first-order valence-corrected chi connectivity index (χ1v) is 13.0. The second-order valence-corrected chi connectivity index (χ2v) is 9.82. The molecule has 1 heterocycles. The molecular formula is C28H24ClF2N3O3S. The summed E-state index contributed by atoms with van der Waals surface area (Å²) in [6, 6.07) is 18.4. The number of nitrogens with zero attached hydrogens (tertiary/aromatic N) is 2. The van der Waals surface area contributed by atoms with Gasteiger partial charge in [-0.1, -0.05) is 35.9 Å². The molecule has 10 heteroatoms. The smallest absolute Gasteiger partial charge is 0.305 e. The molecule has 38 heavy (non-hydrogen) atoms. The topological polar surface area (TPSA) is 82.5 Å². The molecular weight excluding hydrogens is 532 g/mol. The lowest BCUT2D eigenvalue weighted by molar-refractivity contribution is -0.136. The van der Waals surface area contributed by atoms with Crippen LogP contribution in [0.2, 0.25) is 5.02 Å². The third-order valence-corrected chi connectivity index (χ3v) is 6.89. The quantitative estimate of drug-likeness (QED) is 0.230. The van der Waals surface area contributed by atoms with Crippen LogP contribution >= 0.6 is 22.9 Å². The molecule has 4 rings (SSSR count). The van der Waals surface area contributed by atoms with E-state index in [0.29, 0.717) is 46.5 Å². The highest BCUT2D eigenvalue weighted by Gasteiger charge is 2.15. The number of carboxylic acid groups (broad SMARTS) is 1. The van der Waals surface area contributed by atoms with Gasteiger partial charge in [-0.3, -0.25) is 9.59 Å². The Morgan fingerprint density at radius 2 is 1.79 bits per heavy atom. The van der Waals surface area contributed by atoms with Gasteiger partial charge in [0.25, 0.3) is 5.91 Å². The lowest BCUT2D eigenvalue weighted by atomic mass is 10.1. The van der Waals surface area contributed by atoms with Crippen molar-refractivity contribution in [1.82, 2.24) is 10.3 Å². The SMILES string of the molecule is O=C(O)CCNC(=O)c1ccc(CN(CCc2cccc(Cl)c2)c2nc(-c3ccc(F)c(F)c3)cs2)cc1. The highest BCUT2D eigenvalue weighted by molar-refractivity contribution is 7.14. The fourth-order valence-corrected chi connectivity index (χ4v) is 4.84. The van der Waals surface area contributed by atoms with Crippen molar-refractivity contribution >= 4 is 39.9 Å². The number of carbonyl (C=O) groups is 2. The zero-order valence-electron chi connectivity index (χ0n) is 20.2. The van der Waals surface area contributed by atoms with Gasteiger partial charge >= 0.3 is 5.97 Å². The van der Waals surface area contributed by atoms with E-state index in [0.717, 1.165) is 23.3 Å². The standard InChI is InChI=1S/C28H24ClF2N3O3S/c29-22-3-1-2-18(14-22)11-13-34(28-33-25(17-38-28)21-8-9-23(30)24(31)15-21)16-19-4-6-20(7-5-19)27(37)32-12-10-26(35)36/h1-9,14-15,17H,10-13,16H2,(H,32,37)(H,35,36). The molecule has 0 aliphatic rings. The number of aliphatic carboxylic acids is 1. The number of anilines is 1. The maximum atomic E-state index is 13.8. The van der Waals surface area contributed by atoms with Crippen molar-refractivity contribution in [2.45, 2.75) is 19.4 Å². The van der Waals surface area contributed by atoms with Crippen LogP contribution in [0.15, 0.2) is 72.1 Å². The number of amides is 1. The number of benzene rings is 3. The Morgan fingerprint density at radius 3 is 2.50 bits per heavy atom. The summed E-state index contributed by atoms with van der Waals surface area (Å²) >= 11 is 7.55. The van der Waals surface area contributed by atoms with Gasteiger partial charge < -0.3 is 15.3 Å². The van der Waals surface area contributed by atoms with E-state index in [1.807, 2.05) is 36.4 Å². The van der Waals surface area contributed by atoms with Crippen molar-refractivity contribution in [3.05, 3.63) is 105 Å². The number of rotatable bonds is 11. The molecule has 0 saturated carbocycles. The maximum Gasteiger partial charge on any atom is 0.305 e. The first kappa shape index (κ1) is 27.2. The highest BCUT2D eigenvalue weighted by Crippen LogP contribution is 2.29. The second kappa shape index (κ2) is 12.6. The van der Waals surface area contributed by atoms with E-state index in [9.17, 15) is 18.4 Å². The number of halogens is 3. The van der Waals surface area contributed by atoms with Crippen LogP contribution in [0.3, 0.4) is 0 Å². The van der Waals surface area contributed by atoms with Crippen LogP contribution in [0.5, 0.6) is 0 Å². The van der Waals surface area contributed by atoms with Crippen molar-refractivity contribution < 1.29 is 23.5 Å². The summed E-state index contributed by atoms with van der Waals surface area (Å²) in [5.74, 6) is -3.16. The molecule has 1 amide bonds. The largest absolute Gasteiger partial charge is 0.481 e. The Bertz CT molecular complexity index is 1430. The van der Waals surface area contributed by atoms with Crippen molar-refractivity contribution in [1.29, 1.82) is 0 Å². The molecule has 3 aromatic carbocycles. The lowest BCUT2D eigenvalue weighted by Crippen LogP contribution is -2.26. The monoisotopic (exact) mass is 555 g/mol. The number of carboxylic acids is 1. The third-order valence-electron chi connectivity index (χ3n) is 5.75. The van der Waals surface area contributed by atoms with Crippen LogP contribution < -0.4 is 10.2 Å². The molecule has 0 aliphatic carbocycles. The van der Waals surface area contributed by atoms with Gasteiger partial charge in [0, 0.05) is 41.2 Å². The third kappa shape index (κ3) is 7.36. The number of thiazole rings is 1. The average Bonchev–Trinajstić information content (AvgIpc) is 3.38. The molecule has 196 valence electrons. The number of nitrogens with one attached hydrogen (secondary N) is 1. The Labute approximate surface area is 227 Å². The van der Waals surface area contributed by atoms with E-state index in [2.05, 4.69) is 15.2 Å². The van der Waals surface area contributed by atoms with Gasteiger partial charge in [0.2, 0.25) is 0 Å². The summed E-state index contributed by atoms with van der Waals surface area (Å²) in [4.78, 5) is 29.7. The molecule has 1 aromatic heterocycles. The van der Waals surface area contributed by atoms with Crippen LogP contribution in [0.4, 0.5) is 13.9 Å². The van der Waals surface area contributed by atoms with E-state index >= 15 is 0 Å². The van der Waals surface area contributed by atoms with Crippen LogP contribution in [0, 0.1) is 11.6 Å². The van der Waals surface area contributed by atoms with E-state index < -0.39 is 17.6 Å². The normalized spacial score (nSPS) is 10.8. The Kier molecular flexibility index (Phi) is 9.04. The molecule has 0 aliphatic heterocycles. The summed E-state index contributed by atoms with van der Waals surface area (Å²) in [5.41, 5.74) is 3.46. The van der Waals surface area contributed by atoms with Crippen molar-refractivity contribution in [2.75, 3.05) is 18.0 Å². The number of aromatic nitrogens is 1. The summed E-state index contributed by atoms with van der Waals surface area (Å²) < 4.78 is 27.2. The lowest BCUT2D eigenvalue weighted by Gasteiger charge is -2.22. The molecule has 2 N–H and O–H groups in total. The van der Waals surface area contributed by atoms with Gasteiger partial charge in [-0.05, 0) is 60.0 Å². The van der Waals surface area contributed by atoms with Crippen LogP contribution in [-0.4, -0.2) is 35.1 Å². The minimum atomic E-state index is -0.978. The minimum Gasteiger partial charge on any atom is -0.481 e. The van der Waals surface area contributed by atoms with Gasteiger partial charge in [-0.25, -0.2) is 13.8 Å². The fraction of sp³-hybridized carbons (Fsp3) is 0.179. The van der Waals surface area contributed by atoms with E-state index in [4.69, 9.17) is 16.7 Å². The summed E-state index contributed by atoms with van der Waals surface area (Å²) in [5, 5.41) is 14.5. The Balaban J connectivity index is 1.52. The molecule has 0 atom stereocenters. The van der Waals surface area contributed by atoms with Crippen molar-refractivity contribution in [3.8, 4) is 11.3 Å². The second-order valence-electron chi connectivity index (χ2n) is 8.54. The Morgan fingerprint density at radius 1 is 1.00 bits per heavy atom. The molecule has 0 spiro atoms. The molecule has 0 bridgehead atoms. The van der Waals surface area contributed by atoms with Gasteiger partial charge in [-0.15, -0.1) is 11.3 Å². The van der Waals surface area contributed by atoms with Gasteiger partial charge in [0.15, 0.2) is 16.8 Å². The number of carbonyl (C=O) groups excluding carboxylic acids is 1. The molecule has 0 fully saturated rings. The van der Waals surface area contributed by atoms with Crippen molar-refractivity contribution in [3.63, 3.8) is 0 Å². The van der Waals surface area contributed by atoms with Gasteiger partial charge in [0.1, 0.15) is 0 Å². The van der Waals surface area contributed by atoms with E-state index in [1.54, 1.807) is 17.5 Å². The number of hydrogen-bond donors (Lipinski definition) is 2.